The molecule has 0 fully saturated rings. The fourth-order valence-corrected chi connectivity index (χ4v) is 1.70. The topological polar surface area (TPSA) is 52.0 Å². The molecule has 0 atom stereocenters. The lowest BCUT2D eigenvalue weighted by atomic mass is 10.1. The van der Waals surface area contributed by atoms with Gasteiger partial charge in [-0.05, 0) is 18.6 Å². The summed E-state index contributed by atoms with van der Waals surface area (Å²) in [4.78, 5) is 27.1. The van der Waals surface area contributed by atoms with Crippen LogP contribution in [0.25, 0.3) is 0 Å². The Hall–Kier alpha value is -2.23. The monoisotopic (exact) mass is 242 g/mol. The number of ketones is 1. The number of aryl methyl sites for hydroxylation is 1. The Kier molecular flexibility index (Phi) is 3.67. The van der Waals surface area contributed by atoms with E-state index in [0.29, 0.717) is 12.1 Å². The first kappa shape index (κ1) is 12.2. The number of hydrogen-bond donors (Lipinski definition) is 0. The lowest BCUT2D eigenvalue weighted by molar-refractivity contribution is -0.119. The quantitative estimate of drug-likeness (QED) is 0.813. The Labute approximate surface area is 105 Å². The molecule has 1 heterocycles. The number of Topliss-reactive ketones (excluding diaryl/α,β-unsaturated/α-hetero) is 1. The Morgan fingerprint density at radius 3 is 2.61 bits per heavy atom. The first-order valence-corrected chi connectivity index (χ1v) is 5.75. The maximum atomic E-state index is 11.8. The summed E-state index contributed by atoms with van der Waals surface area (Å²) in [5.41, 5.74) is 1.23. The molecule has 0 unspecified atom stereocenters. The molecule has 0 aliphatic rings. The van der Waals surface area contributed by atoms with Crippen LogP contribution in [0.15, 0.2) is 47.4 Å². The van der Waals surface area contributed by atoms with Crippen LogP contribution in [0.1, 0.15) is 11.3 Å². The van der Waals surface area contributed by atoms with Gasteiger partial charge < -0.3 is 0 Å². The predicted molar refractivity (Wildman–Crippen MR) is 68.4 cm³/mol. The van der Waals surface area contributed by atoms with Crippen molar-refractivity contribution in [1.29, 1.82) is 0 Å². The molecule has 92 valence electrons. The van der Waals surface area contributed by atoms with Gasteiger partial charge in [0, 0.05) is 18.3 Å². The minimum atomic E-state index is -0.378. The normalized spacial score (nSPS) is 10.3. The van der Waals surface area contributed by atoms with Crippen LogP contribution in [0.5, 0.6) is 0 Å². The SMILES string of the molecule is Cc1ccn(CC(=O)Cc2ccccc2)c(=O)n1. The molecule has 0 saturated carbocycles. The van der Waals surface area contributed by atoms with Crippen molar-refractivity contribution in [2.24, 2.45) is 0 Å². The molecule has 0 bridgehead atoms. The molecule has 0 spiro atoms. The van der Waals surface area contributed by atoms with E-state index in [9.17, 15) is 9.59 Å². The summed E-state index contributed by atoms with van der Waals surface area (Å²) in [5.74, 6) is -0.00560. The van der Waals surface area contributed by atoms with Gasteiger partial charge in [0.1, 0.15) is 0 Å². The first-order chi connectivity index (χ1) is 8.65. The molecule has 0 aliphatic carbocycles. The standard InChI is InChI=1S/C14H14N2O2/c1-11-7-8-16(14(18)15-11)10-13(17)9-12-5-3-2-4-6-12/h2-8H,9-10H2,1H3. The van der Waals surface area contributed by atoms with Gasteiger partial charge in [0.25, 0.3) is 0 Å². The van der Waals surface area contributed by atoms with Gasteiger partial charge in [-0.25, -0.2) is 4.79 Å². The average Bonchev–Trinajstić information content (AvgIpc) is 2.34. The zero-order valence-corrected chi connectivity index (χ0v) is 10.2. The number of aromatic nitrogens is 2. The van der Waals surface area contributed by atoms with E-state index < -0.39 is 0 Å². The number of hydrogen-bond acceptors (Lipinski definition) is 3. The van der Waals surface area contributed by atoms with E-state index in [-0.39, 0.29) is 18.0 Å². The maximum Gasteiger partial charge on any atom is 0.348 e. The second-order valence-electron chi connectivity index (χ2n) is 4.18. The van der Waals surface area contributed by atoms with Crippen LogP contribution in [0.3, 0.4) is 0 Å². The second kappa shape index (κ2) is 5.40. The van der Waals surface area contributed by atoms with Crippen LogP contribution in [0, 0.1) is 6.92 Å². The molecule has 4 heteroatoms. The molecule has 0 radical (unpaired) electrons. The van der Waals surface area contributed by atoms with Crippen LogP contribution >= 0.6 is 0 Å². The highest BCUT2D eigenvalue weighted by atomic mass is 16.2. The van der Waals surface area contributed by atoms with Gasteiger partial charge in [-0.2, -0.15) is 4.98 Å². The predicted octanol–water partition coefficient (Wildman–Crippen LogP) is 1.36. The van der Waals surface area contributed by atoms with Gasteiger partial charge in [0.15, 0.2) is 5.78 Å². The maximum absolute atomic E-state index is 11.8. The molecule has 0 aliphatic heterocycles. The summed E-state index contributed by atoms with van der Waals surface area (Å²) in [6, 6.07) is 11.2. The van der Waals surface area contributed by atoms with E-state index >= 15 is 0 Å². The number of rotatable bonds is 4. The van der Waals surface area contributed by atoms with Crippen molar-refractivity contribution in [2.75, 3.05) is 0 Å². The lowest BCUT2D eigenvalue weighted by Gasteiger charge is -2.04. The third-order valence-corrected chi connectivity index (χ3v) is 2.60. The number of nitrogens with zero attached hydrogens (tertiary/aromatic N) is 2. The van der Waals surface area contributed by atoms with Crippen molar-refractivity contribution in [2.45, 2.75) is 19.9 Å². The van der Waals surface area contributed by atoms with Gasteiger partial charge in [0.05, 0.1) is 6.54 Å². The zero-order chi connectivity index (χ0) is 13.0. The minimum Gasteiger partial charge on any atom is -0.297 e. The molecular weight excluding hydrogens is 228 g/mol. The van der Waals surface area contributed by atoms with Crippen molar-refractivity contribution >= 4 is 5.78 Å². The molecule has 0 N–H and O–H groups in total. The van der Waals surface area contributed by atoms with E-state index in [2.05, 4.69) is 4.98 Å². The average molecular weight is 242 g/mol. The van der Waals surface area contributed by atoms with Crippen LogP contribution in [0.4, 0.5) is 0 Å². The number of benzene rings is 1. The van der Waals surface area contributed by atoms with E-state index in [1.165, 1.54) is 4.57 Å². The second-order valence-corrected chi connectivity index (χ2v) is 4.18. The summed E-state index contributed by atoms with van der Waals surface area (Å²) >= 11 is 0. The van der Waals surface area contributed by atoms with Crippen LogP contribution in [-0.2, 0) is 17.8 Å². The smallest absolute Gasteiger partial charge is 0.297 e. The molecule has 4 nitrogen and oxygen atoms in total. The van der Waals surface area contributed by atoms with E-state index in [1.54, 1.807) is 19.2 Å². The number of carbonyl (C=O) groups is 1. The van der Waals surface area contributed by atoms with Gasteiger partial charge >= 0.3 is 5.69 Å². The molecule has 2 rings (SSSR count). The Bertz CT molecular complexity index is 603. The van der Waals surface area contributed by atoms with E-state index in [0.717, 1.165) is 5.56 Å². The molecule has 1 aromatic carbocycles. The highest BCUT2D eigenvalue weighted by Crippen LogP contribution is 2.01. The summed E-state index contributed by atoms with van der Waals surface area (Å²) < 4.78 is 1.33. The van der Waals surface area contributed by atoms with E-state index in [4.69, 9.17) is 0 Å². The summed E-state index contributed by atoms with van der Waals surface area (Å²) in [6.07, 6.45) is 1.94. The molecule has 18 heavy (non-hydrogen) atoms. The van der Waals surface area contributed by atoms with Gasteiger partial charge in [-0.1, -0.05) is 30.3 Å². The summed E-state index contributed by atoms with van der Waals surface area (Å²) in [7, 11) is 0. The molecule has 0 saturated heterocycles. The summed E-state index contributed by atoms with van der Waals surface area (Å²) in [6.45, 7) is 1.82. The van der Waals surface area contributed by atoms with Crippen molar-refractivity contribution in [3.05, 3.63) is 64.3 Å². The highest BCUT2D eigenvalue weighted by Gasteiger charge is 2.06. The fourth-order valence-electron chi connectivity index (χ4n) is 1.70. The minimum absolute atomic E-state index is 0.00560. The van der Waals surface area contributed by atoms with Crippen molar-refractivity contribution in [3.63, 3.8) is 0 Å². The molecule has 2 aromatic rings. The Balaban J connectivity index is 2.06. The van der Waals surface area contributed by atoms with Crippen molar-refractivity contribution < 1.29 is 4.79 Å². The highest BCUT2D eigenvalue weighted by molar-refractivity contribution is 5.80. The first-order valence-electron chi connectivity index (χ1n) is 5.75. The third-order valence-electron chi connectivity index (χ3n) is 2.60. The lowest BCUT2D eigenvalue weighted by Crippen LogP contribution is -2.26. The third kappa shape index (κ3) is 3.13. The van der Waals surface area contributed by atoms with Gasteiger partial charge in [0.2, 0.25) is 0 Å². The van der Waals surface area contributed by atoms with Crippen molar-refractivity contribution in [3.8, 4) is 0 Å². The largest absolute Gasteiger partial charge is 0.348 e. The Morgan fingerprint density at radius 1 is 1.22 bits per heavy atom. The van der Waals surface area contributed by atoms with Crippen LogP contribution in [0.2, 0.25) is 0 Å². The molecular formula is C14H14N2O2. The Morgan fingerprint density at radius 2 is 1.94 bits per heavy atom. The van der Waals surface area contributed by atoms with Gasteiger partial charge in [-0.15, -0.1) is 0 Å². The zero-order valence-electron chi connectivity index (χ0n) is 10.2. The van der Waals surface area contributed by atoms with Gasteiger partial charge in [-0.3, -0.25) is 9.36 Å². The van der Waals surface area contributed by atoms with Crippen LogP contribution < -0.4 is 5.69 Å². The van der Waals surface area contributed by atoms with Crippen LogP contribution in [-0.4, -0.2) is 15.3 Å². The van der Waals surface area contributed by atoms with Crippen molar-refractivity contribution in [1.82, 2.24) is 9.55 Å². The summed E-state index contributed by atoms with van der Waals surface area (Å²) in [5, 5.41) is 0. The number of carbonyl (C=O) groups excluding carboxylic acids is 1. The molecule has 0 amide bonds. The fraction of sp³-hybridized carbons (Fsp3) is 0.214. The molecule has 1 aromatic heterocycles. The van der Waals surface area contributed by atoms with E-state index in [1.807, 2.05) is 30.3 Å².